The Morgan fingerprint density at radius 2 is 2.25 bits per heavy atom. The van der Waals surface area contributed by atoms with Crippen LogP contribution in [0.1, 0.15) is 45.4 Å². The van der Waals surface area contributed by atoms with Crippen molar-refractivity contribution in [3.05, 3.63) is 11.9 Å². The van der Waals surface area contributed by atoms with Crippen molar-refractivity contribution in [3.63, 3.8) is 0 Å². The van der Waals surface area contributed by atoms with E-state index in [9.17, 15) is 5.11 Å². The molecule has 2 N–H and O–H groups in total. The molecule has 1 aromatic rings. The van der Waals surface area contributed by atoms with Crippen molar-refractivity contribution in [1.29, 1.82) is 0 Å². The summed E-state index contributed by atoms with van der Waals surface area (Å²) in [6.45, 7) is 9.41. The topological polar surface area (TPSA) is 61.3 Å². The third-order valence-corrected chi connectivity index (χ3v) is 3.67. The van der Waals surface area contributed by atoms with Gasteiger partial charge < -0.3 is 15.3 Å². The molecular weight excluding hydrogens is 252 g/mol. The van der Waals surface area contributed by atoms with E-state index in [4.69, 9.17) is 0 Å². The number of anilines is 2. The first-order chi connectivity index (χ1) is 9.63. The molecule has 2 rings (SSSR count). The summed E-state index contributed by atoms with van der Waals surface area (Å²) < 4.78 is 0. The van der Waals surface area contributed by atoms with Gasteiger partial charge in [0.25, 0.3) is 0 Å². The van der Waals surface area contributed by atoms with E-state index < -0.39 is 0 Å². The minimum atomic E-state index is 0.263. The Morgan fingerprint density at radius 3 is 2.85 bits per heavy atom. The van der Waals surface area contributed by atoms with Crippen LogP contribution in [0.3, 0.4) is 0 Å². The van der Waals surface area contributed by atoms with E-state index in [1.165, 1.54) is 0 Å². The van der Waals surface area contributed by atoms with Crippen molar-refractivity contribution in [2.24, 2.45) is 5.92 Å². The molecule has 0 aliphatic carbocycles. The van der Waals surface area contributed by atoms with Gasteiger partial charge in [-0.05, 0) is 12.8 Å². The van der Waals surface area contributed by atoms with Gasteiger partial charge in [0, 0.05) is 44.1 Å². The highest BCUT2D eigenvalue weighted by molar-refractivity contribution is 5.50. The van der Waals surface area contributed by atoms with Crippen LogP contribution in [0.15, 0.2) is 6.07 Å². The molecule has 0 aromatic carbocycles. The van der Waals surface area contributed by atoms with Gasteiger partial charge in [0.1, 0.15) is 17.5 Å². The van der Waals surface area contributed by atoms with Crippen molar-refractivity contribution >= 4 is 11.6 Å². The smallest absolute Gasteiger partial charge is 0.135 e. The summed E-state index contributed by atoms with van der Waals surface area (Å²) in [4.78, 5) is 11.5. The Labute approximate surface area is 121 Å². The van der Waals surface area contributed by atoms with E-state index in [-0.39, 0.29) is 6.61 Å². The maximum Gasteiger partial charge on any atom is 0.135 e. The average molecular weight is 278 g/mol. The van der Waals surface area contributed by atoms with Crippen LogP contribution in [0.5, 0.6) is 0 Å². The maximum absolute atomic E-state index is 9.27. The Hall–Kier alpha value is -1.36. The normalized spacial score (nSPS) is 18.9. The Bertz CT molecular complexity index is 436. The summed E-state index contributed by atoms with van der Waals surface area (Å²) in [5.74, 6) is 3.47. The van der Waals surface area contributed by atoms with Gasteiger partial charge in [-0.25, -0.2) is 9.97 Å². The number of hydrogen-bond acceptors (Lipinski definition) is 5. The Morgan fingerprint density at radius 1 is 1.45 bits per heavy atom. The lowest BCUT2D eigenvalue weighted by atomic mass is 10.1. The van der Waals surface area contributed by atoms with Gasteiger partial charge in [-0.3, -0.25) is 0 Å². The monoisotopic (exact) mass is 278 g/mol. The molecular formula is C15H26N4O. The zero-order valence-corrected chi connectivity index (χ0v) is 12.8. The minimum Gasteiger partial charge on any atom is -0.396 e. The van der Waals surface area contributed by atoms with Crippen molar-refractivity contribution in [1.82, 2.24) is 9.97 Å². The fraction of sp³-hybridized carbons (Fsp3) is 0.733. The van der Waals surface area contributed by atoms with Crippen LogP contribution >= 0.6 is 0 Å². The quantitative estimate of drug-likeness (QED) is 0.835. The minimum absolute atomic E-state index is 0.263. The summed E-state index contributed by atoms with van der Waals surface area (Å²) in [5.41, 5.74) is 0. The number of nitrogens with zero attached hydrogens (tertiary/aromatic N) is 3. The van der Waals surface area contributed by atoms with Crippen molar-refractivity contribution < 1.29 is 5.11 Å². The third-order valence-electron chi connectivity index (χ3n) is 3.67. The zero-order valence-electron chi connectivity index (χ0n) is 12.8. The Balaban J connectivity index is 2.20. The second kappa shape index (κ2) is 6.88. The Kier molecular flexibility index (Phi) is 5.17. The molecule has 5 heteroatoms. The van der Waals surface area contributed by atoms with Gasteiger partial charge in [-0.1, -0.05) is 20.8 Å². The number of aliphatic hydroxyl groups is 1. The lowest BCUT2D eigenvalue weighted by molar-refractivity contribution is 0.238. The predicted octanol–water partition coefficient (Wildman–Crippen LogP) is 2.24. The number of aliphatic hydroxyl groups excluding tert-OH is 1. The molecule has 0 spiro atoms. The van der Waals surface area contributed by atoms with E-state index in [1.54, 1.807) is 0 Å². The van der Waals surface area contributed by atoms with Crippen LogP contribution in [-0.2, 0) is 0 Å². The molecule has 1 unspecified atom stereocenters. The molecule has 1 aliphatic heterocycles. The van der Waals surface area contributed by atoms with Crippen molar-refractivity contribution in [2.45, 2.75) is 39.5 Å². The molecule has 0 radical (unpaired) electrons. The molecule has 0 saturated carbocycles. The highest BCUT2D eigenvalue weighted by Gasteiger charge is 2.23. The van der Waals surface area contributed by atoms with Crippen molar-refractivity contribution in [3.8, 4) is 0 Å². The number of aromatic nitrogens is 2. The van der Waals surface area contributed by atoms with Crippen molar-refractivity contribution in [2.75, 3.05) is 36.5 Å². The summed E-state index contributed by atoms with van der Waals surface area (Å²) in [6.07, 6.45) is 2.11. The average Bonchev–Trinajstić information content (AvgIpc) is 2.93. The second-order valence-electron chi connectivity index (χ2n) is 5.83. The third kappa shape index (κ3) is 3.60. The molecule has 0 bridgehead atoms. The van der Waals surface area contributed by atoms with Gasteiger partial charge in [0.15, 0.2) is 0 Å². The maximum atomic E-state index is 9.27. The molecule has 20 heavy (non-hydrogen) atoms. The largest absolute Gasteiger partial charge is 0.396 e. The van der Waals surface area contributed by atoms with Gasteiger partial charge in [-0.15, -0.1) is 0 Å². The summed E-state index contributed by atoms with van der Waals surface area (Å²) >= 11 is 0. The van der Waals surface area contributed by atoms with Gasteiger partial charge in [-0.2, -0.15) is 0 Å². The molecule has 1 fully saturated rings. The van der Waals surface area contributed by atoms with Crippen LogP contribution in [0.25, 0.3) is 0 Å². The molecule has 2 heterocycles. The molecule has 1 atom stereocenters. The molecule has 0 amide bonds. The van der Waals surface area contributed by atoms with E-state index >= 15 is 0 Å². The molecule has 5 nitrogen and oxygen atoms in total. The van der Waals surface area contributed by atoms with Gasteiger partial charge in [0.2, 0.25) is 0 Å². The summed E-state index contributed by atoms with van der Waals surface area (Å²) in [6, 6.07) is 2.03. The van der Waals surface area contributed by atoms with Crippen LogP contribution < -0.4 is 10.2 Å². The molecule has 1 saturated heterocycles. The fourth-order valence-electron chi connectivity index (χ4n) is 2.41. The van der Waals surface area contributed by atoms with Gasteiger partial charge >= 0.3 is 0 Å². The summed E-state index contributed by atoms with van der Waals surface area (Å²) in [7, 11) is 0. The van der Waals surface area contributed by atoms with Crippen LogP contribution in [0, 0.1) is 5.92 Å². The van der Waals surface area contributed by atoms with E-state index in [2.05, 4.69) is 41.0 Å². The predicted molar refractivity (Wildman–Crippen MR) is 82.3 cm³/mol. The number of rotatable bonds is 6. The zero-order chi connectivity index (χ0) is 14.5. The first-order valence-corrected chi connectivity index (χ1v) is 7.62. The standard InChI is InChI=1S/C15H26N4O/c1-4-6-16-13-8-14(18-15(17-13)11(2)3)19-7-5-12(9-19)10-20/h8,11-12,20H,4-7,9-10H2,1-3H3,(H,16,17,18). The van der Waals surface area contributed by atoms with Gasteiger partial charge in [0.05, 0.1) is 0 Å². The van der Waals surface area contributed by atoms with Crippen LogP contribution in [0.2, 0.25) is 0 Å². The van der Waals surface area contributed by atoms with E-state index in [0.29, 0.717) is 11.8 Å². The first-order valence-electron chi connectivity index (χ1n) is 7.62. The second-order valence-corrected chi connectivity index (χ2v) is 5.83. The molecule has 1 aliphatic rings. The van der Waals surface area contributed by atoms with E-state index in [0.717, 1.165) is 49.9 Å². The summed E-state index contributed by atoms with van der Waals surface area (Å²) in [5, 5.41) is 12.6. The molecule has 112 valence electrons. The fourth-order valence-corrected chi connectivity index (χ4v) is 2.41. The molecule has 1 aromatic heterocycles. The number of nitrogens with one attached hydrogen (secondary N) is 1. The SMILES string of the molecule is CCCNc1cc(N2CCC(CO)C2)nc(C(C)C)n1. The highest BCUT2D eigenvalue weighted by atomic mass is 16.3. The lowest BCUT2D eigenvalue weighted by Gasteiger charge is -2.20. The number of hydrogen-bond donors (Lipinski definition) is 2. The lowest BCUT2D eigenvalue weighted by Crippen LogP contribution is -2.23. The first kappa shape index (κ1) is 15.0. The van der Waals surface area contributed by atoms with Crippen LogP contribution in [0.4, 0.5) is 11.6 Å². The van der Waals surface area contributed by atoms with Crippen LogP contribution in [-0.4, -0.2) is 41.3 Å². The van der Waals surface area contributed by atoms with E-state index in [1.807, 2.05) is 6.07 Å². The highest BCUT2D eigenvalue weighted by Crippen LogP contribution is 2.25.